The van der Waals surface area contributed by atoms with E-state index in [1.54, 1.807) is 0 Å². The monoisotopic (exact) mass is 341 g/mol. The number of nitrogens with zero attached hydrogens (tertiary/aromatic N) is 1. The summed E-state index contributed by atoms with van der Waals surface area (Å²) in [5.74, 6) is -0.717. The molecule has 0 aliphatic heterocycles. The molecule has 2 rings (SSSR count). The summed E-state index contributed by atoms with van der Waals surface area (Å²) < 4.78 is 5.17. The molecule has 0 spiro atoms. The molecular formula is C17H15N3O5. The number of rotatable bonds is 5. The molecule has 0 fully saturated rings. The quantitative estimate of drug-likeness (QED) is 0.145. The molecule has 4 N–H and O–H groups in total. The molecule has 2 aromatic carbocycles. The van der Waals surface area contributed by atoms with E-state index in [1.807, 2.05) is 0 Å². The maximum atomic E-state index is 12.1. The fourth-order valence-corrected chi connectivity index (χ4v) is 1.95. The van der Waals surface area contributed by atoms with Crippen molar-refractivity contribution in [2.24, 2.45) is 5.73 Å². The zero-order valence-electron chi connectivity index (χ0n) is 13.2. The number of nitrogens with two attached hydrogens (primary N) is 1. The van der Waals surface area contributed by atoms with Gasteiger partial charge in [-0.25, -0.2) is 4.79 Å². The van der Waals surface area contributed by atoms with Gasteiger partial charge in [-0.2, -0.15) is 0 Å². The van der Waals surface area contributed by atoms with Crippen molar-refractivity contribution in [3.8, 4) is 11.5 Å². The van der Waals surface area contributed by atoms with E-state index in [-0.39, 0.29) is 34.2 Å². The van der Waals surface area contributed by atoms with Gasteiger partial charge in [0.25, 0.3) is 5.69 Å². The molecule has 0 aromatic heterocycles. The van der Waals surface area contributed by atoms with Crippen LogP contribution < -0.4 is 10.5 Å². The van der Waals surface area contributed by atoms with Crippen molar-refractivity contribution in [1.29, 1.82) is 5.41 Å². The van der Waals surface area contributed by atoms with Gasteiger partial charge in [-0.3, -0.25) is 15.5 Å². The van der Waals surface area contributed by atoms with Crippen molar-refractivity contribution < 1.29 is 19.6 Å². The van der Waals surface area contributed by atoms with E-state index in [9.17, 15) is 20.0 Å². The Balaban J connectivity index is 2.19. The zero-order valence-corrected chi connectivity index (χ0v) is 13.2. The van der Waals surface area contributed by atoms with Crippen LogP contribution in [0.25, 0.3) is 6.08 Å². The molecule has 8 heteroatoms. The first-order valence-electron chi connectivity index (χ1n) is 7.10. The van der Waals surface area contributed by atoms with Gasteiger partial charge in [0.05, 0.1) is 4.92 Å². The van der Waals surface area contributed by atoms with Crippen molar-refractivity contribution in [3.63, 3.8) is 0 Å². The van der Waals surface area contributed by atoms with Crippen molar-refractivity contribution in [2.75, 3.05) is 0 Å². The average Bonchev–Trinajstić information content (AvgIpc) is 2.57. The fraction of sp³-hybridized carbons (Fsp3) is 0.0588. The third-order valence-corrected chi connectivity index (χ3v) is 3.29. The lowest BCUT2D eigenvalue weighted by Crippen LogP contribution is -2.12. The number of hydrogen-bond acceptors (Lipinski definition) is 6. The maximum Gasteiger partial charge on any atom is 0.339 e. The van der Waals surface area contributed by atoms with Crippen LogP contribution in [0.3, 0.4) is 0 Å². The third-order valence-electron chi connectivity index (χ3n) is 3.29. The van der Waals surface area contributed by atoms with Crippen LogP contribution in [0, 0.1) is 15.5 Å². The van der Waals surface area contributed by atoms with E-state index >= 15 is 0 Å². The predicted molar refractivity (Wildman–Crippen MR) is 91.5 cm³/mol. The maximum absolute atomic E-state index is 12.1. The smallest absolute Gasteiger partial charge is 0.339 e. The standard InChI is InChI=1S/C17H15N3O5/c1-10(8-12-9-13(20(23)24)4-7-15(12)21)17(22)25-14-5-2-11(3-6-14)16(18)19/h2-9,21H,1H3,(H3,18,19)/b10-8+. The molecule has 8 nitrogen and oxygen atoms in total. The predicted octanol–water partition coefficient (Wildman–Crippen LogP) is 2.59. The Morgan fingerprint density at radius 2 is 1.92 bits per heavy atom. The number of benzene rings is 2. The summed E-state index contributed by atoms with van der Waals surface area (Å²) in [4.78, 5) is 22.3. The van der Waals surface area contributed by atoms with E-state index in [0.29, 0.717) is 5.56 Å². The van der Waals surface area contributed by atoms with Crippen LogP contribution in [-0.4, -0.2) is 21.8 Å². The van der Waals surface area contributed by atoms with Gasteiger partial charge in [0.2, 0.25) is 0 Å². The number of carbonyl (C=O) groups excluding carboxylic acids is 1. The number of phenols is 1. The number of hydrogen-bond donors (Lipinski definition) is 3. The van der Waals surface area contributed by atoms with Gasteiger partial charge in [0, 0.05) is 28.8 Å². The second-order valence-corrected chi connectivity index (χ2v) is 5.16. The number of ether oxygens (including phenoxy) is 1. The lowest BCUT2D eigenvalue weighted by Gasteiger charge is -2.06. The van der Waals surface area contributed by atoms with Gasteiger partial charge in [-0.15, -0.1) is 0 Å². The summed E-state index contributed by atoms with van der Waals surface area (Å²) in [5, 5.41) is 27.9. The lowest BCUT2D eigenvalue weighted by molar-refractivity contribution is -0.384. The Morgan fingerprint density at radius 3 is 2.48 bits per heavy atom. The lowest BCUT2D eigenvalue weighted by atomic mass is 10.1. The van der Waals surface area contributed by atoms with Crippen LogP contribution in [0.2, 0.25) is 0 Å². The topological polar surface area (TPSA) is 140 Å². The number of nitro groups is 1. The SMILES string of the molecule is C/C(=C\c1cc([N+](=O)[O-])ccc1O)C(=O)Oc1ccc(C(=N)N)cc1. The van der Waals surface area contributed by atoms with Gasteiger partial charge in [0.1, 0.15) is 17.3 Å². The number of phenolic OH excluding ortho intramolecular Hbond substituents is 1. The van der Waals surface area contributed by atoms with Crippen LogP contribution in [0.5, 0.6) is 11.5 Å². The molecule has 0 saturated carbocycles. The van der Waals surface area contributed by atoms with Crippen molar-refractivity contribution in [2.45, 2.75) is 6.92 Å². The molecule has 128 valence electrons. The summed E-state index contributed by atoms with van der Waals surface area (Å²) in [7, 11) is 0. The summed E-state index contributed by atoms with van der Waals surface area (Å²) in [5.41, 5.74) is 5.91. The van der Waals surface area contributed by atoms with Crippen LogP contribution in [0.4, 0.5) is 5.69 Å². The first-order chi connectivity index (χ1) is 11.8. The summed E-state index contributed by atoms with van der Waals surface area (Å²) in [6.07, 6.45) is 1.30. The second kappa shape index (κ2) is 7.26. The molecule has 25 heavy (non-hydrogen) atoms. The van der Waals surface area contributed by atoms with Crippen molar-refractivity contribution in [3.05, 3.63) is 69.3 Å². The molecule has 0 atom stereocenters. The van der Waals surface area contributed by atoms with Gasteiger partial charge in [-0.1, -0.05) is 0 Å². The second-order valence-electron chi connectivity index (χ2n) is 5.16. The Morgan fingerprint density at radius 1 is 1.28 bits per heavy atom. The van der Waals surface area contributed by atoms with E-state index in [4.69, 9.17) is 15.9 Å². The first-order valence-corrected chi connectivity index (χ1v) is 7.10. The molecule has 0 aliphatic carbocycles. The zero-order chi connectivity index (χ0) is 18.6. The molecule has 0 saturated heterocycles. The number of nitro benzene ring substituents is 1. The van der Waals surface area contributed by atoms with E-state index in [0.717, 1.165) is 12.1 Å². The van der Waals surface area contributed by atoms with Gasteiger partial charge < -0.3 is 15.6 Å². The van der Waals surface area contributed by atoms with Crippen LogP contribution in [0.15, 0.2) is 48.0 Å². The minimum atomic E-state index is -0.679. The molecule has 0 aliphatic rings. The summed E-state index contributed by atoms with van der Waals surface area (Å²) >= 11 is 0. The van der Waals surface area contributed by atoms with Crippen LogP contribution >= 0.6 is 0 Å². The molecule has 0 bridgehead atoms. The van der Waals surface area contributed by atoms with E-state index in [1.165, 1.54) is 43.3 Å². The molecule has 2 aromatic rings. The number of non-ortho nitro benzene ring substituents is 1. The molecule has 0 amide bonds. The first kappa shape index (κ1) is 17.7. The van der Waals surface area contributed by atoms with E-state index in [2.05, 4.69) is 0 Å². The van der Waals surface area contributed by atoms with Gasteiger partial charge in [-0.05, 0) is 43.3 Å². The number of aromatic hydroxyl groups is 1. The minimum absolute atomic E-state index is 0.102. The van der Waals surface area contributed by atoms with Gasteiger partial charge >= 0.3 is 5.97 Å². The largest absolute Gasteiger partial charge is 0.507 e. The minimum Gasteiger partial charge on any atom is -0.507 e. The van der Waals surface area contributed by atoms with E-state index < -0.39 is 10.9 Å². The number of nitrogen functional groups attached to an aromatic ring is 1. The fourth-order valence-electron chi connectivity index (χ4n) is 1.95. The Labute approximate surface area is 142 Å². The summed E-state index contributed by atoms with van der Waals surface area (Å²) in [6, 6.07) is 9.57. The molecular weight excluding hydrogens is 326 g/mol. The highest BCUT2D eigenvalue weighted by atomic mass is 16.6. The number of carbonyl (C=O) groups is 1. The number of amidine groups is 1. The highest BCUT2D eigenvalue weighted by molar-refractivity contribution is 5.96. The van der Waals surface area contributed by atoms with Crippen LogP contribution in [0.1, 0.15) is 18.1 Å². The Bertz CT molecular complexity index is 872. The van der Waals surface area contributed by atoms with Crippen molar-refractivity contribution in [1.82, 2.24) is 0 Å². The average molecular weight is 341 g/mol. The molecule has 0 unspecified atom stereocenters. The number of esters is 1. The third kappa shape index (κ3) is 4.41. The van der Waals surface area contributed by atoms with Crippen molar-refractivity contribution >= 4 is 23.6 Å². The highest BCUT2D eigenvalue weighted by Gasteiger charge is 2.12. The highest BCUT2D eigenvalue weighted by Crippen LogP contribution is 2.25. The molecule has 0 heterocycles. The Hall–Kier alpha value is -3.68. The van der Waals surface area contributed by atoms with Gasteiger partial charge in [0.15, 0.2) is 0 Å². The van der Waals surface area contributed by atoms with Crippen LogP contribution in [-0.2, 0) is 4.79 Å². The number of nitrogens with one attached hydrogen (secondary N) is 1. The Kier molecular flexibility index (Phi) is 5.13. The normalized spacial score (nSPS) is 11.0. The molecule has 0 radical (unpaired) electrons. The summed E-state index contributed by atoms with van der Waals surface area (Å²) in [6.45, 7) is 1.46.